The summed E-state index contributed by atoms with van der Waals surface area (Å²) < 4.78 is 23.3. The summed E-state index contributed by atoms with van der Waals surface area (Å²) in [5.74, 6) is -0.375. The normalized spacial score (nSPS) is 19.2. The molecule has 1 aromatic rings. The Bertz CT molecular complexity index is 796. The van der Waals surface area contributed by atoms with Crippen molar-refractivity contribution in [2.24, 2.45) is 0 Å². The van der Waals surface area contributed by atoms with Gasteiger partial charge in [0.25, 0.3) is 0 Å². The van der Waals surface area contributed by atoms with Crippen molar-refractivity contribution in [3.8, 4) is 0 Å². The van der Waals surface area contributed by atoms with Gasteiger partial charge in [-0.1, -0.05) is 39.0 Å². The number of likely N-dealkylation sites (N-methyl/N-ethyl adjacent to an activating group) is 1. The number of hydrogen-bond donors (Lipinski definition) is 0. The number of sulfone groups is 1. The van der Waals surface area contributed by atoms with E-state index in [2.05, 4.69) is 20.8 Å². The highest BCUT2D eigenvalue weighted by atomic mass is 32.2. The summed E-state index contributed by atoms with van der Waals surface area (Å²) in [5.41, 5.74) is 1.51. The third-order valence-electron chi connectivity index (χ3n) is 4.83. The minimum absolute atomic E-state index is 0.00606. The van der Waals surface area contributed by atoms with Crippen LogP contribution in [-0.4, -0.2) is 56.3 Å². The van der Waals surface area contributed by atoms with E-state index >= 15 is 0 Å². The molecule has 1 heterocycles. The summed E-state index contributed by atoms with van der Waals surface area (Å²) in [4.78, 5) is 27.9. The van der Waals surface area contributed by atoms with Gasteiger partial charge in [-0.2, -0.15) is 0 Å². The Labute approximate surface area is 156 Å². The summed E-state index contributed by atoms with van der Waals surface area (Å²) >= 11 is 0. The lowest BCUT2D eigenvalue weighted by atomic mass is 9.85. The molecule has 2 rings (SSSR count). The molecule has 1 fully saturated rings. The van der Waals surface area contributed by atoms with Crippen LogP contribution in [-0.2, 0) is 24.8 Å². The average molecular weight is 381 g/mol. The van der Waals surface area contributed by atoms with Gasteiger partial charge in [-0.25, -0.2) is 8.42 Å². The van der Waals surface area contributed by atoms with E-state index in [1.165, 1.54) is 16.7 Å². The molecule has 7 heteroatoms. The SMILES string of the molecule is CC(=O)N(CC(=O)N(C)C1CCS(=O)(=O)C1)c1ccccc1C(C)(C)C. The van der Waals surface area contributed by atoms with Gasteiger partial charge >= 0.3 is 0 Å². The first kappa shape index (κ1) is 20.4. The molecule has 1 aromatic carbocycles. The monoisotopic (exact) mass is 380 g/mol. The lowest BCUT2D eigenvalue weighted by Gasteiger charge is -2.31. The summed E-state index contributed by atoms with van der Waals surface area (Å²) in [6.07, 6.45) is 0.448. The van der Waals surface area contributed by atoms with Crippen molar-refractivity contribution in [2.75, 3.05) is 30.0 Å². The maximum atomic E-state index is 12.7. The van der Waals surface area contributed by atoms with Crippen LogP contribution in [0.4, 0.5) is 5.69 Å². The number of rotatable bonds is 4. The van der Waals surface area contributed by atoms with Gasteiger partial charge in [0.15, 0.2) is 9.84 Å². The predicted octanol–water partition coefficient (Wildman–Crippen LogP) is 1.98. The van der Waals surface area contributed by atoms with Crippen molar-refractivity contribution < 1.29 is 18.0 Å². The van der Waals surface area contributed by atoms with Gasteiger partial charge in [0.2, 0.25) is 11.8 Å². The second-order valence-corrected chi connectivity index (χ2v) is 10.2. The molecule has 0 radical (unpaired) electrons. The minimum Gasteiger partial charge on any atom is -0.340 e. The van der Waals surface area contributed by atoms with E-state index in [1.54, 1.807) is 7.05 Å². The number of hydrogen-bond acceptors (Lipinski definition) is 4. The predicted molar refractivity (Wildman–Crippen MR) is 103 cm³/mol. The number of benzene rings is 1. The number of para-hydroxylation sites is 1. The summed E-state index contributed by atoms with van der Waals surface area (Å²) in [5, 5.41) is 0. The van der Waals surface area contributed by atoms with Gasteiger partial charge in [-0.15, -0.1) is 0 Å². The summed E-state index contributed by atoms with van der Waals surface area (Å²) in [6.45, 7) is 7.51. The van der Waals surface area contributed by atoms with Crippen LogP contribution in [0.15, 0.2) is 24.3 Å². The van der Waals surface area contributed by atoms with Crippen molar-refractivity contribution in [3.63, 3.8) is 0 Å². The molecule has 0 bridgehead atoms. The second kappa shape index (κ2) is 7.39. The molecule has 2 amide bonds. The molecular formula is C19H28N2O4S. The fourth-order valence-electron chi connectivity index (χ4n) is 3.24. The van der Waals surface area contributed by atoms with Crippen LogP contribution in [0.1, 0.15) is 39.7 Å². The molecule has 0 aromatic heterocycles. The molecule has 1 unspecified atom stereocenters. The molecule has 144 valence electrons. The van der Waals surface area contributed by atoms with Crippen molar-refractivity contribution in [2.45, 2.75) is 45.6 Å². The van der Waals surface area contributed by atoms with Crippen LogP contribution >= 0.6 is 0 Å². The van der Waals surface area contributed by atoms with Gasteiger partial charge in [0, 0.05) is 25.7 Å². The van der Waals surface area contributed by atoms with Crippen LogP contribution in [0.2, 0.25) is 0 Å². The van der Waals surface area contributed by atoms with E-state index in [0.717, 1.165) is 5.56 Å². The maximum Gasteiger partial charge on any atom is 0.242 e. The lowest BCUT2D eigenvalue weighted by molar-refractivity contribution is -0.131. The highest BCUT2D eigenvalue weighted by molar-refractivity contribution is 7.91. The van der Waals surface area contributed by atoms with Crippen molar-refractivity contribution >= 4 is 27.3 Å². The zero-order chi connectivity index (χ0) is 19.7. The molecular weight excluding hydrogens is 352 g/mol. The average Bonchev–Trinajstić information content (AvgIpc) is 2.90. The van der Waals surface area contributed by atoms with E-state index in [-0.39, 0.29) is 41.3 Å². The van der Waals surface area contributed by atoms with Crippen LogP contribution in [0.5, 0.6) is 0 Å². The quantitative estimate of drug-likeness (QED) is 0.800. The van der Waals surface area contributed by atoms with E-state index in [9.17, 15) is 18.0 Å². The van der Waals surface area contributed by atoms with Gasteiger partial charge in [0.05, 0.1) is 11.5 Å². The Morgan fingerprint density at radius 3 is 2.31 bits per heavy atom. The van der Waals surface area contributed by atoms with E-state index < -0.39 is 9.84 Å². The Hall–Kier alpha value is -1.89. The molecule has 6 nitrogen and oxygen atoms in total. The van der Waals surface area contributed by atoms with Gasteiger partial charge < -0.3 is 9.80 Å². The van der Waals surface area contributed by atoms with E-state index in [1.807, 2.05) is 24.3 Å². The highest BCUT2D eigenvalue weighted by Gasteiger charge is 2.34. The summed E-state index contributed by atoms with van der Waals surface area (Å²) in [7, 11) is -1.46. The number of anilines is 1. The largest absolute Gasteiger partial charge is 0.340 e. The van der Waals surface area contributed by atoms with Crippen LogP contribution in [0, 0.1) is 0 Å². The first-order valence-electron chi connectivity index (χ1n) is 8.76. The molecule has 1 aliphatic rings. The standard InChI is InChI=1S/C19H28N2O4S/c1-14(22)21(17-9-7-6-8-16(17)19(2,3)4)12-18(23)20(5)15-10-11-26(24,25)13-15/h6-9,15H,10-13H2,1-5H3. The van der Waals surface area contributed by atoms with Gasteiger partial charge in [-0.3, -0.25) is 9.59 Å². The van der Waals surface area contributed by atoms with E-state index in [0.29, 0.717) is 12.1 Å². The van der Waals surface area contributed by atoms with Crippen molar-refractivity contribution in [3.05, 3.63) is 29.8 Å². The maximum absolute atomic E-state index is 12.7. The zero-order valence-corrected chi connectivity index (χ0v) is 17.0. The Morgan fingerprint density at radius 1 is 1.19 bits per heavy atom. The molecule has 26 heavy (non-hydrogen) atoms. The molecule has 0 aliphatic carbocycles. The molecule has 1 aliphatic heterocycles. The molecule has 1 atom stereocenters. The van der Waals surface area contributed by atoms with Crippen LogP contribution < -0.4 is 4.90 Å². The fourth-order valence-corrected chi connectivity index (χ4v) is 5.01. The fraction of sp³-hybridized carbons (Fsp3) is 0.579. The van der Waals surface area contributed by atoms with Crippen molar-refractivity contribution in [1.82, 2.24) is 4.90 Å². The van der Waals surface area contributed by atoms with Crippen LogP contribution in [0.25, 0.3) is 0 Å². The molecule has 0 N–H and O–H groups in total. The smallest absolute Gasteiger partial charge is 0.242 e. The number of carbonyl (C=O) groups is 2. The van der Waals surface area contributed by atoms with Crippen molar-refractivity contribution in [1.29, 1.82) is 0 Å². The minimum atomic E-state index is -3.07. The van der Waals surface area contributed by atoms with Gasteiger partial charge in [-0.05, 0) is 23.5 Å². The van der Waals surface area contributed by atoms with Gasteiger partial charge in [0.1, 0.15) is 6.54 Å². The highest BCUT2D eigenvalue weighted by Crippen LogP contribution is 2.32. The number of carbonyl (C=O) groups excluding carboxylic acids is 2. The lowest BCUT2D eigenvalue weighted by Crippen LogP contribution is -2.45. The third kappa shape index (κ3) is 4.63. The Morgan fingerprint density at radius 2 is 1.81 bits per heavy atom. The number of amides is 2. The zero-order valence-electron chi connectivity index (χ0n) is 16.2. The molecule has 0 saturated carbocycles. The molecule has 1 saturated heterocycles. The Kier molecular flexibility index (Phi) is 5.80. The summed E-state index contributed by atoms with van der Waals surface area (Å²) in [6, 6.07) is 7.25. The molecule has 0 spiro atoms. The second-order valence-electron chi connectivity index (χ2n) is 7.93. The Balaban J connectivity index is 2.25. The van der Waals surface area contributed by atoms with E-state index in [4.69, 9.17) is 0 Å². The number of nitrogens with zero attached hydrogens (tertiary/aromatic N) is 2. The third-order valence-corrected chi connectivity index (χ3v) is 6.58. The first-order chi connectivity index (χ1) is 11.9. The first-order valence-corrected chi connectivity index (χ1v) is 10.6. The topological polar surface area (TPSA) is 74.8 Å². The van der Waals surface area contributed by atoms with Crippen LogP contribution in [0.3, 0.4) is 0 Å².